The fourth-order valence-electron chi connectivity index (χ4n) is 0.517. The quantitative estimate of drug-likeness (QED) is 0.387. The van der Waals surface area contributed by atoms with E-state index in [4.69, 9.17) is 11.6 Å². The first-order chi connectivity index (χ1) is 5.41. The Kier molecular flexibility index (Phi) is 2.23. The minimum absolute atomic E-state index is 0.389. The molecule has 8 heteroatoms. The van der Waals surface area contributed by atoms with Crippen molar-refractivity contribution in [2.24, 2.45) is 0 Å². The van der Waals surface area contributed by atoms with Crippen LogP contribution >= 0.6 is 11.6 Å². The Balaban J connectivity index is 3.14. The van der Waals surface area contributed by atoms with Gasteiger partial charge < -0.3 is 12.9 Å². The van der Waals surface area contributed by atoms with E-state index >= 15 is 0 Å². The van der Waals surface area contributed by atoms with Crippen molar-refractivity contribution in [2.75, 3.05) is 0 Å². The van der Waals surface area contributed by atoms with E-state index in [1.54, 1.807) is 0 Å². The molecule has 0 aromatic carbocycles. The maximum absolute atomic E-state index is 12.3. The molecule has 0 amide bonds. The van der Waals surface area contributed by atoms with Crippen molar-refractivity contribution in [1.29, 1.82) is 0 Å². The second-order valence-electron chi connectivity index (χ2n) is 1.94. The molecule has 0 radical (unpaired) electrons. The van der Waals surface area contributed by atoms with Gasteiger partial charge >= 0.3 is 6.98 Å². The second kappa shape index (κ2) is 2.89. The fraction of sp³-hybridized carbons (Fsp3) is 0. The van der Waals surface area contributed by atoms with E-state index in [2.05, 4.69) is 9.97 Å². The highest BCUT2D eigenvalue weighted by molar-refractivity contribution is 6.72. The van der Waals surface area contributed by atoms with Gasteiger partial charge in [0, 0.05) is 0 Å². The Bertz CT molecular complexity index is 302. The zero-order chi connectivity index (χ0) is 9.35. The van der Waals surface area contributed by atoms with Gasteiger partial charge in [0.25, 0.3) is 0 Å². The highest BCUT2D eigenvalue weighted by Crippen LogP contribution is 2.10. The maximum Gasteiger partial charge on any atom is 0.546 e. The van der Waals surface area contributed by atoms with E-state index in [1.165, 1.54) is 0 Å². The third kappa shape index (κ3) is 1.85. The van der Waals surface area contributed by atoms with Crippen LogP contribution in [0.5, 0.6) is 0 Å². The lowest BCUT2D eigenvalue weighted by Gasteiger charge is -2.11. The summed E-state index contributed by atoms with van der Waals surface area (Å²) in [6, 6.07) is 0. The second-order valence-corrected chi connectivity index (χ2v) is 2.30. The average Bonchev–Trinajstić information content (AvgIpc) is 1.92. The minimum atomic E-state index is -5.31. The molecule has 66 valence electrons. The average molecular weight is 199 g/mol. The van der Waals surface area contributed by atoms with Crippen LogP contribution in [0.25, 0.3) is 0 Å². The van der Waals surface area contributed by atoms with Gasteiger partial charge in [-0.15, -0.1) is 0 Å². The molecule has 1 rings (SSSR count). The Morgan fingerprint density at radius 1 is 1.33 bits per heavy atom. The van der Waals surface area contributed by atoms with Gasteiger partial charge in [0.15, 0.2) is 11.0 Å². The molecular weight excluding hydrogens is 198 g/mol. The minimum Gasteiger partial charge on any atom is -0.443 e. The molecular formula is C4HBClF4N2-. The van der Waals surface area contributed by atoms with Crippen molar-refractivity contribution in [1.82, 2.24) is 9.97 Å². The summed E-state index contributed by atoms with van der Waals surface area (Å²) in [6.45, 7) is -5.31. The van der Waals surface area contributed by atoms with E-state index in [0.29, 0.717) is 6.20 Å². The largest absolute Gasteiger partial charge is 0.546 e. The number of halogens is 5. The third-order valence-electron chi connectivity index (χ3n) is 1.01. The van der Waals surface area contributed by atoms with Gasteiger partial charge in [-0.2, -0.15) is 0 Å². The van der Waals surface area contributed by atoms with Crippen LogP contribution < -0.4 is 5.72 Å². The van der Waals surface area contributed by atoms with Crippen LogP contribution in [0.1, 0.15) is 0 Å². The van der Waals surface area contributed by atoms with Gasteiger partial charge in [-0.3, -0.25) is 9.97 Å². The van der Waals surface area contributed by atoms with Gasteiger partial charge in [-0.1, -0.05) is 11.6 Å². The van der Waals surface area contributed by atoms with Crippen LogP contribution in [0.4, 0.5) is 17.3 Å². The number of nitrogens with zero attached hydrogens (tertiary/aromatic N) is 2. The molecule has 1 heterocycles. The monoisotopic (exact) mass is 199 g/mol. The van der Waals surface area contributed by atoms with Crippen molar-refractivity contribution < 1.29 is 17.3 Å². The van der Waals surface area contributed by atoms with E-state index < -0.39 is 23.7 Å². The molecule has 0 aliphatic heterocycles. The SMILES string of the molecule is Fc1cnc([B-](F)(F)F)nc1Cl. The molecule has 1 aromatic heterocycles. The number of hydrogen-bond donors (Lipinski definition) is 0. The molecule has 0 atom stereocenters. The Morgan fingerprint density at radius 2 is 1.92 bits per heavy atom. The van der Waals surface area contributed by atoms with Gasteiger partial charge in [0.2, 0.25) is 0 Å². The molecule has 1 aromatic rings. The number of hydrogen-bond acceptors (Lipinski definition) is 2. The van der Waals surface area contributed by atoms with E-state index in [9.17, 15) is 17.3 Å². The molecule has 0 aliphatic carbocycles. The summed E-state index contributed by atoms with van der Waals surface area (Å²) in [4.78, 5) is 5.47. The maximum atomic E-state index is 12.3. The predicted molar refractivity (Wildman–Crippen MR) is 35.7 cm³/mol. The van der Waals surface area contributed by atoms with Crippen LogP contribution in [0, 0.1) is 5.82 Å². The summed E-state index contributed by atoms with van der Waals surface area (Å²) in [6.07, 6.45) is 0.389. The standard InChI is InChI=1S/C4HBClF4N2/c6-3-2(7)1-11-4(12-3)5(8,9)10/h1H/q-1. The first kappa shape index (κ1) is 9.24. The molecule has 2 nitrogen and oxygen atoms in total. The third-order valence-corrected chi connectivity index (χ3v) is 1.28. The summed E-state index contributed by atoms with van der Waals surface area (Å²) in [7, 11) is 0. The summed E-state index contributed by atoms with van der Waals surface area (Å²) in [5.41, 5.74) is -1.39. The Hall–Kier alpha value is -0.845. The lowest BCUT2D eigenvalue weighted by atomic mass is 9.91. The van der Waals surface area contributed by atoms with Crippen LogP contribution in [-0.2, 0) is 0 Å². The topological polar surface area (TPSA) is 25.8 Å². The van der Waals surface area contributed by atoms with Gasteiger partial charge in [0.1, 0.15) is 0 Å². The molecule has 0 saturated carbocycles. The van der Waals surface area contributed by atoms with Gasteiger partial charge in [-0.25, -0.2) is 4.39 Å². The summed E-state index contributed by atoms with van der Waals surface area (Å²) < 4.78 is 47.8. The van der Waals surface area contributed by atoms with E-state index in [-0.39, 0.29) is 0 Å². The highest BCUT2D eigenvalue weighted by Gasteiger charge is 2.30. The zero-order valence-electron chi connectivity index (χ0n) is 5.44. The van der Waals surface area contributed by atoms with Crippen LogP contribution in [0.3, 0.4) is 0 Å². The Labute approximate surface area is 69.6 Å². The molecule has 0 N–H and O–H groups in total. The zero-order valence-corrected chi connectivity index (χ0v) is 6.19. The van der Waals surface area contributed by atoms with Crippen molar-refractivity contribution in [2.45, 2.75) is 0 Å². The van der Waals surface area contributed by atoms with Crippen molar-refractivity contribution in [3.05, 3.63) is 17.2 Å². The van der Waals surface area contributed by atoms with Crippen LogP contribution in [0.2, 0.25) is 5.15 Å². The highest BCUT2D eigenvalue weighted by atomic mass is 35.5. The molecule has 0 fully saturated rings. The van der Waals surface area contributed by atoms with Crippen molar-refractivity contribution >= 4 is 24.3 Å². The Morgan fingerprint density at radius 3 is 2.33 bits per heavy atom. The van der Waals surface area contributed by atoms with Gasteiger partial charge in [0.05, 0.1) is 11.9 Å². The lowest BCUT2D eigenvalue weighted by molar-refractivity contribution is 0.494. The lowest BCUT2D eigenvalue weighted by Crippen LogP contribution is -2.39. The molecule has 0 saturated heterocycles. The van der Waals surface area contributed by atoms with E-state index in [0.717, 1.165) is 0 Å². The summed E-state index contributed by atoms with van der Waals surface area (Å²) >= 11 is 5.00. The number of aromatic nitrogens is 2. The van der Waals surface area contributed by atoms with E-state index in [1.807, 2.05) is 0 Å². The summed E-state index contributed by atoms with van der Waals surface area (Å²) in [5.74, 6) is -1.07. The van der Waals surface area contributed by atoms with Crippen LogP contribution in [0.15, 0.2) is 6.20 Å². The fourth-order valence-corrected chi connectivity index (χ4v) is 0.652. The molecule has 12 heavy (non-hydrogen) atoms. The van der Waals surface area contributed by atoms with Gasteiger partial charge in [-0.05, 0) is 0 Å². The normalized spacial score (nSPS) is 11.8. The summed E-state index contributed by atoms with van der Waals surface area (Å²) in [5, 5.41) is -0.820. The first-order valence-corrected chi connectivity index (χ1v) is 3.17. The first-order valence-electron chi connectivity index (χ1n) is 2.79. The smallest absolute Gasteiger partial charge is 0.443 e. The van der Waals surface area contributed by atoms with Crippen molar-refractivity contribution in [3.8, 4) is 0 Å². The van der Waals surface area contributed by atoms with Crippen LogP contribution in [-0.4, -0.2) is 16.9 Å². The predicted octanol–water partition coefficient (Wildman–Crippen LogP) is 1.32. The number of rotatable bonds is 1. The molecule has 0 spiro atoms. The molecule has 0 aliphatic rings. The molecule has 0 unspecified atom stereocenters. The van der Waals surface area contributed by atoms with Crippen molar-refractivity contribution in [3.63, 3.8) is 0 Å². The molecule has 0 bridgehead atoms.